The molecule has 1 aliphatic heterocycles. The zero-order valence-electron chi connectivity index (χ0n) is 10.4. The fourth-order valence-electron chi connectivity index (χ4n) is 2.54. The summed E-state index contributed by atoms with van der Waals surface area (Å²) in [6.45, 7) is 4.04. The van der Waals surface area contributed by atoms with Gasteiger partial charge in [-0.15, -0.1) is 0 Å². The van der Waals surface area contributed by atoms with Crippen LogP contribution < -0.4 is 10.1 Å². The summed E-state index contributed by atoms with van der Waals surface area (Å²) in [5.41, 5.74) is 1.08. The van der Waals surface area contributed by atoms with Gasteiger partial charge in [0.05, 0.1) is 12.1 Å². The van der Waals surface area contributed by atoms with Gasteiger partial charge in [-0.1, -0.05) is 25.1 Å². The topological polar surface area (TPSA) is 41.5 Å². The highest BCUT2D eigenvalue weighted by Gasteiger charge is 2.36. The number of benzene rings is 1. The zero-order chi connectivity index (χ0) is 12.1. The molecule has 2 rings (SSSR count). The molecule has 1 aromatic carbocycles. The quantitative estimate of drug-likeness (QED) is 0.820. The number of hydrogen-bond acceptors (Lipinski definition) is 3. The minimum Gasteiger partial charge on any atom is -0.493 e. The van der Waals surface area contributed by atoms with Gasteiger partial charge in [-0.2, -0.15) is 0 Å². The minimum absolute atomic E-state index is 0.112. The molecular weight excluding hydrogens is 214 g/mol. The Hall–Kier alpha value is -1.06. The van der Waals surface area contributed by atoms with E-state index in [-0.39, 0.29) is 12.1 Å². The predicted octanol–water partition coefficient (Wildman–Crippen LogP) is 2.05. The van der Waals surface area contributed by atoms with Gasteiger partial charge in [-0.25, -0.2) is 0 Å². The molecule has 1 atom stereocenters. The summed E-state index contributed by atoms with van der Waals surface area (Å²) in [7, 11) is 0. The average Bonchev–Trinajstić information content (AvgIpc) is 2.37. The van der Waals surface area contributed by atoms with E-state index in [4.69, 9.17) is 4.74 Å². The SMILES string of the molecule is CCCNC1(CCO)CCOc2ccccc21. The zero-order valence-corrected chi connectivity index (χ0v) is 10.4. The summed E-state index contributed by atoms with van der Waals surface area (Å²) in [6.07, 6.45) is 2.76. The largest absolute Gasteiger partial charge is 0.493 e. The van der Waals surface area contributed by atoms with Crippen molar-refractivity contribution < 1.29 is 9.84 Å². The second-order valence-corrected chi connectivity index (χ2v) is 4.58. The molecule has 0 bridgehead atoms. The van der Waals surface area contributed by atoms with Crippen molar-refractivity contribution >= 4 is 0 Å². The monoisotopic (exact) mass is 235 g/mol. The van der Waals surface area contributed by atoms with E-state index < -0.39 is 0 Å². The number of aliphatic hydroxyl groups is 1. The van der Waals surface area contributed by atoms with Crippen LogP contribution in [0.15, 0.2) is 24.3 Å². The molecule has 2 N–H and O–H groups in total. The molecule has 1 aromatic rings. The third-order valence-corrected chi connectivity index (χ3v) is 3.44. The van der Waals surface area contributed by atoms with Gasteiger partial charge in [0.1, 0.15) is 5.75 Å². The molecule has 17 heavy (non-hydrogen) atoms. The fraction of sp³-hybridized carbons (Fsp3) is 0.571. The number of para-hydroxylation sites is 1. The molecule has 0 spiro atoms. The Morgan fingerprint density at radius 1 is 1.41 bits per heavy atom. The highest BCUT2D eigenvalue weighted by atomic mass is 16.5. The molecule has 0 saturated heterocycles. The normalized spacial score (nSPS) is 22.9. The molecular formula is C14H21NO2. The maximum absolute atomic E-state index is 9.33. The average molecular weight is 235 g/mol. The lowest BCUT2D eigenvalue weighted by molar-refractivity contribution is 0.144. The highest BCUT2D eigenvalue weighted by Crippen LogP contribution is 2.38. The Bertz CT molecular complexity index is 367. The Morgan fingerprint density at radius 3 is 3.00 bits per heavy atom. The summed E-state index contributed by atoms with van der Waals surface area (Å²) in [5.74, 6) is 0.954. The van der Waals surface area contributed by atoms with Gasteiger partial charge in [0, 0.05) is 18.6 Å². The van der Waals surface area contributed by atoms with Crippen molar-refractivity contribution in [2.24, 2.45) is 0 Å². The molecule has 0 amide bonds. The molecule has 1 heterocycles. The Morgan fingerprint density at radius 2 is 2.24 bits per heavy atom. The minimum atomic E-state index is -0.112. The number of fused-ring (bicyclic) bond motifs is 1. The van der Waals surface area contributed by atoms with Crippen molar-refractivity contribution in [1.82, 2.24) is 5.32 Å². The van der Waals surface area contributed by atoms with E-state index in [9.17, 15) is 5.11 Å². The number of aliphatic hydroxyl groups excluding tert-OH is 1. The highest BCUT2D eigenvalue weighted by molar-refractivity contribution is 5.40. The van der Waals surface area contributed by atoms with E-state index in [2.05, 4.69) is 18.3 Å². The van der Waals surface area contributed by atoms with Crippen molar-refractivity contribution in [3.05, 3.63) is 29.8 Å². The molecule has 0 aromatic heterocycles. The van der Waals surface area contributed by atoms with Crippen LogP contribution in [0.25, 0.3) is 0 Å². The smallest absolute Gasteiger partial charge is 0.124 e. The van der Waals surface area contributed by atoms with E-state index >= 15 is 0 Å². The van der Waals surface area contributed by atoms with Gasteiger partial charge in [0.2, 0.25) is 0 Å². The molecule has 0 saturated carbocycles. The summed E-state index contributed by atoms with van der Waals surface area (Å²) < 4.78 is 5.68. The maximum atomic E-state index is 9.33. The van der Waals surface area contributed by atoms with Crippen LogP contribution in [0.3, 0.4) is 0 Å². The lowest BCUT2D eigenvalue weighted by Crippen LogP contribution is -2.47. The molecule has 0 radical (unpaired) electrons. The molecule has 1 aliphatic rings. The first-order chi connectivity index (χ1) is 8.32. The molecule has 1 unspecified atom stereocenters. The van der Waals surface area contributed by atoms with Gasteiger partial charge in [0.15, 0.2) is 0 Å². The van der Waals surface area contributed by atoms with Crippen LogP contribution in [0.4, 0.5) is 0 Å². The molecule has 94 valence electrons. The number of hydrogen-bond donors (Lipinski definition) is 2. The lowest BCUT2D eigenvalue weighted by Gasteiger charge is -2.39. The second kappa shape index (κ2) is 5.52. The predicted molar refractivity (Wildman–Crippen MR) is 68.2 cm³/mol. The second-order valence-electron chi connectivity index (χ2n) is 4.58. The summed E-state index contributed by atoms with van der Waals surface area (Å²) in [4.78, 5) is 0. The van der Waals surface area contributed by atoms with Crippen LogP contribution >= 0.6 is 0 Å². The fourth-order valence-corrected chi connectivity index (χ4v) is 2.54. The Labute approximate surface area is 103 Å². The van der Waals surface area contributed by atoms with Crippen LogP contribution in [0.2, 0.25) is 0 Å². The molecule has 0 aliphatic carbocycles. The van der Waals surface area contributed by atoms with Crippen molar-refractivity contribution in [2.75, 3.05) is 19.8 Å². The molecule has 3 heteroatoms. The summed E-state index contributed by atoms with van der Waals surface area (Å²) >= 11 is 0. The standard InChI is InChI=1S/C14H21NO2/c1-2-9-15-14(7-10-16)8-11-17-13-6-4-3-5-12(13)14/h3-6,15-16H,2,7-11H2,1H3. The van der Waals surface area contributed by atoms with Gasteiger partial charge < -0.3 is 15.2 Å². The van der Waals surface area contributed by atoms with Crippen LogP contribution in [-0.2, 0) is 5.54 Å². The van der Waals surface area contributed by atoms with Crippen LogP contribution in [-0.4, -0.2) is 24.9 Å². The van der Waals surface area contributed by atoms with E-state index in [0.717, 1.165) is 31.6 Å². The van der Waals surface area contributed by atoms with Crippen molar-refractivity contribution in [3.8, 4) is 5.75 Å². The van der Waals surface area contributed by atoms with Crippen LogP contribution in [0.5, 0.6) is 5.75 Å². The van der Waals surface area contributed by atoms with Gasteiger partial charge in [-0.3, -0.25) is 0 Å². The Balaban J connectivity index is 2.32. The van der Waals surface area contributed by atoms with Gasteiger partial charge in [0.25, 0.3) is 0 Å². The summed E-state index contributed by atoms with van der Waals surface area (Å²) in [5, 5.41) is 12.9. The maximum Gasteiger partial charge on any atom is 0.124 e. The first kappa shape index (κ1) is 12.4. The van der Waals surface area contributed by atoms with Gasteiger partial charge >= 0.3 is 0 Å². The Kier molecular flexibility index (Phi) is 4.02. The van der Waals surface area contributed by atoms with Crippen LogP contribution in [0.1, 0.15) is 31.7 Å². The first-order valence-corrected chi connectivity index (χ1v) is 6.40. The summed E-state index contributed by atoms with van der Waals surface area (Å²) in [6, 6.07) is 8.14. The van der Waals surface area contributed by atoms with Crippen molar-refractivity contribution in [2.45, 2.75) is 31.7 Å². The number of rotatable bonds is 5. The van der Waals surface area contributed by atoms with Crippen molar-refractivity contribution in [1.29, 1.82) is 0 Å². The van der Waals surface area contributed by atoms with Crippen molar-refractivity contribution in [3.63, 3.8) is 0 Å². The third kappa shape index (κ3) is 2.45. The van der Waals surface area contributed by atoms with Gasteiger partial charge in [-0.05, 0) is 25.5 Å². The first-order valence-electron chi connectivity index (χ1n) is 6.40. The molecule has 3 nitrogen and oxygen atoms in total. The van der Waals surface area contributed by atoms with E-state index in [1.165, 1.54) is 5.56 Å². The lowest BCUT2D eigenvalue weighted by atomic mass is 9.81. The molecule has 0 fully saturated rings. The van der Waals surface area contributed by atoms with E-state index in [0.29, 0.717) is 6.61 Å². The number of ether oxygens (including phenoxy) is 1. The van der Waals surface area contributed by atoms with E-state index in [1.807, 2.05) is 18.2 Å². The number of nitrogens with one attached hydrogen (secondary N) is 1. The van der Waals surface area contributed by atoms with E-state index in [1.54, 1.807) is 0 Å². The van der Waals surface area contributed by atoms with Crippen LogP contribution in [0, 0.1) is 0 Å². The third-order valence-electron chi connectivity index (χ3n) is 3.44.